The highest BCUT2D eigenvalue weighted by Gasteiger charge is 2.53. The Balaban J connectivity index is 1.79. The van der Waals surface area contributed by atoms with Gasteiger partial charge < -0.3 is 0 Å². The lowest BCUT2D eigenvalue weighted by atomic mass is 9.97. The van der Waals surface area contributed by atoms with Gasteiger partial charge in [0.15, 0.2) is 5.75 Å². The molecule has 0 aromatic heterocycles. The van der Waals surface area contributed by atoms with E-state index < -0.39 is 8.17 Å². The zero-order chi connectivity index (χ0) is 14.2. The van der Waals surface area contributed by atoms with Gasteiger partial charge in [-0.1, -0.05) is 44.2 Å². The van der Waals surface area contributed by atoms with Gasteiger partial charge in [0.25, 0.3) is 0 Å². The van der Waals surface area contributed by atoms with Crippen molar-refractivity contribution >= 4 is 18.9 Å². The molecule has 2 aromatic rings. The first kappa shape index (κ1) is 13.8. The molecule has 2 aromatic carbocycles. The van der Waals surface area contributed by atoms with E-state index in [1.165, 1.54) is 0 Å². The van der Waals surface area contributed by atoms with Crippen LogP contribution in [0.4, 0.5) is 0 Å². The minimum atomic E-state index is -3.24. The van der Waals surface area contributed by atoms with Crippen molar-refractivity contribution in [2.45, 2.75) is 13.8 Å². The van der Waals surface area contributed by atoms with Gasteiger partial charge in [-0.3, -0.25) is 4.52 Å². The van der Waals surface area contributed by atoms with E-state index in [0.717, 1.165) is 10.8 Å². The third kappa shape index (κ3) is 2.94. The number of rotatable bonds is 2. The number of fused-ring (bicyclic) bond motifs is 1. The van der Waals surface area contributed by atoms with E-state index in [2.05, 4.69) is 0 Å². The molecule has 1 N–H and O–H groups in total. The fourth-order valence-corrected chi connectivity index (χ4v) is 3.59. The Morgan fingerprint density at radius 2 is 1.70 bits per heavy atom. The highest BCUT2D eigenvalue weighted by molar-refractivity contribution is 7.55. The standard InChI is InChI=1S/C15H18O4P/c1-15(2)10-17-20(16,18-11-15)19-14-8-7-12-5-3-4-6-13(12)9-14/h3-9,16H,10-11H2,1-2H3/q+1. The Hall–Kier alpha value is -1.19. The molecule has 0 radical (unpaired) electrons. The second-order valence-electron chi connectivity index (χ2n) is 5.78. The van der Waals surface area contributed by atoms with E-state index in [9.17, 15) is 4.89 Å². The molecule has 0 spiro atoms. The van der Waals surface area contributed by atoms with Crippen LogP contribution < -0.4 is 4.52 Å². The van der Waals surface area contributed by atoms with Crippen molar-refractivity contribution in [2.24, 2.45) is 5.41 Å². The number of hydrogen-bond acceptors (Lipinski definition) is 4. The zero-order valence-electron chi connectivity index (χ0n) is 11.6. The Morgan fingerprint density at radius 3 is 2.40 bits per heavy atom. The van der Waals surface area contributed by atoms with Crippen molar-refractivity contribution in [3.05, 3.63) is 42.5 Å². The average molecular weight is 293 g/mol. The molecule has 0 aliphatic carbocycles. The van der Waals surface area contributed by atoms with Gasteiger partial charge in [0, 0.05) is 5.41 Å². The molecule has 4 nitrogen and oxygen atoms in total. The lowest BCUT2D eigenvalue weighted by Crippen LogP contribution is -2.32. The van der Waals surface area contributed by atoms with E-state index in [1.54, 1.807) is 0 Å². The van der Waals surface area contributed by atoms with Crippen molar-refractivity contribution < 1.29 is 18.5 Å². The highest BCUT2D eigenvalue weighted by atomic mass is 31.2. The number of benzene rings is 2. The fourth-order valence-electron chi connectivity index (χ4n) is 2.00. The summed E-state index contributed by atoms with van der Waals surface area (Å²) in [4.78, 5) is 10.3. The minimum absolute atomic E-state index is 0.0982. The summed E-state index contributed by atoms with van der Waals surface area (Å²) in [6.45, 7) is 4.88. The van der Waals surface area contributed by atoms with Crippen LogP contribution in [0, 0.1) is 5.41 Å². The molecule has 1 heterocycles. The first-order valence-electron chi connectivity index (χ1n) is 6.55. The first-order chi connectivity index (χ1) is 9.46. The first-order valence-corrected chi connectivity index (χ1v) is 8.05. The molecule has 1 aliphatic rings. The minimum Gasteiger partial charge on any atom is -0.261 e. The van der Waals surface area contributed by atoms with E-state index in [-0.39, 0.29) is 5.41 Å². The van der Waals surface area contributed by atoms with Crippen LogP contribution >= 0.6 is 8.17 Å². The predicted molar refractivity (Wildman–Crippen MR) is 79.4 cm³/mol. The molecule has 106 valence electrons. The maximum Gasteiger partial charge on any atom is 0.619 e. The molecule has 1 saturated heterocycles. The molecule has 0 amide bonds. The van der Waals surface area contributed by atoms with Crippen LogP contribution in [-0.2, 0) is 9.05 Å². The number of hydrogen-bond donors (Lipinski definition) is 1. The lowest BCUT2D eigenvalue weighted by Gasteiger charge is -2.29. The molecule has 1 fully saturated rings. The summed E-state index contributed by atoms with van der Waals surface area (Å²) in [5, 5.41) is 2.17. The fraction of sp³-hybridized carbons (Fsp3) is 0.333. The Kier molecular flexibility index (Phi) is 3.43. The van der Waals surface area contributed by atoms with Gasteiger partial charge in [0.05, 0.1) is 0 Å². The topological polar surface area (TPSA) is 47.9 Å². The van der Waals surface area contributed by atoms with Crippen molar-refractivity contribution in [1.82, 2.24) is 0 Å². The van der Waals surface area contributed by atoms with Crippen LogP contribution in [0.15, 0.2) is 42.5 Å². The Bertz CT molecular complexity index is 616. The van der Waals surface area contributed by atoms with Gasteiger partial charge in [-0.15, -0.1) is 9.05 Å². The normalized spacial score (nSPS) is 20.8. The van der Waals surface area contributed by atoms with Crippen molar-refractivity contribution in [1.29, 1.82) is 0 Å². The van der Waals surface area contributed by atoms with Crippen molar-refractivity contribution in [3.63, 3.8) is 0 Å². The maximum absolute atomic E-state index is 10.3. The molecule has 0 unspecified atom stereocenters. The molecule has 3 rings (SSSR count). The second kappa shape index (κ2) is 4.97. The summed E-state index contributed by atoms with van der Waals surface area (Å²) in [6, 6.07) is 13.6. The summed E-state index contributed by atoms with van der Waals surface area (Å²) in [5.41, 5.74) is -0.0982. The van der Waals surface area contributed by atoms with Crippen LogP contribution in [-0.4, -0.2) is 18.1 Å². The summed E-state index contributed by atoms with van der Waals surface area (Å²) in [5.74, 6) is 0.555. The second-order valence-corrected chi connectivity index (χ2v) is 7.42. The third-order valence-electron chi connectivity index (χ3n) is 3.18. The monoisotopic (exact) mass is 293 g/mol. The van der Waals surface area contributed by atoms with Crippen molar-refractivity contribution in [2.75, 3.05) is 13.2 Å². The Morgan fingerprint density at radius 1 is 1.05 bits per heavy atom. The summed E-state index contributed by atoms with van der Waals surface area (Å²) in [7, 11) is -3.24. The quantitative estimate of drug-likeness (QED) is 0.851. The molecular formula is C15H18O4P+. The van der Waals surface area contributed by atoms with Crippen molar-refractivity contribution in [3.8, 4) is 5.75 Å². The summed E-state index contributed by atoms with van der Waals surface area (Å²) < 4.78 is 16.4. The highest BCUT2D eigenvalue weighted by Crippen LogP contribution is 2.61. The van der Waals surface area contributed by atoms with Gasteiger partial charge in [-0.25, -0.2) is 0 Å². The van der Waals surface area contributed by atoms with E-state index >= 15 is 0 Å². The predicted octanol–water partition coefficient (Wildman–Crippen LogP) is 3.96. The lowest BCUT2D eigenvalue weighted by molar-refractivity contribution is -0.00111. The molecule has 0 saturated carbocycles. The third-order valence-corrected chi connectivity index (χ3v) is 4.53. The molecule has 0 bridgehead atoms. The molecule has 1 aliphatic heterocycles. The average Bonchev–Trinajstić information content (AvgIpc) is 2.43. The van der Waals surface area contributed by atoms with Crippen LogP contribution in [0.25, 0.3) is 10.8 Å². The van der Waals surface area contributed by atoms with E-state index in [1.807, 2.05) is 56.3 Å². The van der Waals surface area contributed by atoms with Crippen LogP contribution in [0.1, 0.15) is 13.8 Å². The maximum atomic E-state index is 10.3. The van der Waals surface area contributed by atoms with Gasteiger partial charge in [-0.05, 0) is 22.9 Å². The zero-order valence-corrected chi connectivity index (χ0v) is 12.5. The molecule has 0 atom stereocenters. The molecule has 5 heteroatoms. The van der Waals surface area contributed by atoms with Gasteiger partial charge >= 0.3 is 8.17 Å². The van der Waals surface area contributed by atoms with Gasteiger partial charge in [0.1, 0.15) is 13.2 Å². The largest absolute Gasteiger partial charge is 0.619 e. The SMILES string of the molecule is CC1(C)CO[P+](O)(Oc2ccc3ccccc3c2)OC1. The summed E-state index contributed by atoms with van der Waals surface area (Å²) >= 11 is 0. The van der Waals surface area contributed by atoms with Crippen LogP contribution in [0.3, 0.4) is 0 Å². The van der Waals surface area contributed by atoms with Crippen LogP contribution in [0.2, 0.25) is 0 Å². The van der Waals surface area contributed by atoms with Crippen LogP contribution in [0.5, 0.6) is 5.75 Å². The van der Waals surface area contributed by atoms with E-state index in [0.29, 0.717) is 19.0 Å². The van der Waals surface area contributed by atoms with Gasteiger partial charge in [-0.2, -0.15) is 4.89 Å². The van der Waals surface area contributed by atoms with Gasteiger partial charge in [0.2, 0.25) is 0 Å². The molecular weight excluding hydrogens is 275 g/mol. The van der Waals surface area contributed by atoms with E-state index in [4.69, 9.17) is 13.6 Å². The summed E-state index contributed by atoms with van der Waals surface area (Å²) in [6.07, 6.45) is 0. The molecule has 20 heavy (non-hydrogen) atoms. The Labute approximate surface area is 118 Å². The smallest absolute Gasteiger partial charge is 0.261 e.